The zero-order chi connectivity index (χ0) is 16.9. The van der Waals surface area contributed by atoms with E-state index < -0.39 is 0 Å². The Balaban J connectivity index is 1.65. The third kappa shape index (κ3) is 3.79. The maximum atomic E-state index is 12.2. The van der Waals surface area contributed by atoms with Crippen LogP contribution in [0.1, 0.15) is 48.0 Å². The molecule has 126 valence electrons. The van der Waals surface area contributed by atoms with Gasteiger partial charge in [0.2, 0.25) is 11.1 Å². The molecule has 0 unspecified atom stereocenters. The molecule has 3 rings (SSSR count). The summed E-state index contributed by atoms with van der Waals surface area (Å²) in [7, 11) is 0. The fourth-order valence-corrected chi connectivity index (χ4v) is 4.62. The van der Waals surface area contributed by atoms with E-state index in [0.29, 0.717) is 15.7 Å². The lowest BCUT2D eigenvalue weighted by Gasteiger charge is -2.02. The summed E-state index contributed by atoms with van der Waals surface area (Å²) in [6.07, 6.45) is 6.22. The summed E-state index contributed by atoms with van der Waals surface area (Å²) in [5.74, 6) is 0.913. The minimum atomic E-state index is -0.129. The quantitative estimate of drug-likeness (QED) is 0.629. The number of thioether (sulfide) groups is 1. The highest BCUT2D eigenvalue weighted by Gasteiger charge is 2.21. The van der Waals surface area contributed by atoms with E-state index in [1.165, 1.54) is 23.1 Å². The number of H-pyrrole nitrogens is 1. The number of hydrogen-bond acceptors (Lipinski definition) is 6. The Kier molecular flexibility index (Phi) is 5.53. The maximum absolute atomic E-state index is 12.2. The summed E-state index contributed by atoms with van der Waals surface area (Å²) in [6, 6.07) is 2.28. The van der Waals surface area contributed by atoms with Gasteiger partial charge >= 0.3 is 0 Å². The Bertz CT molecular complexity index is 774. The molecule has 8 heteroatoms. The third-order valence-electron chi connectivity index (χ3n) is 3.96. The molecule has 0 radical (unpaired) electrons. The normalized spacial score (nSPS) is 13.8. The van der Waals surface area contributed by atoms with Gasteiger partial charge in [0.05, 0.1) is 11.3 Å². The molecule has 6 nitrogen and oxygen atoms in total. The Labute approximate surface area is 149 Å². The van der Waals surface area contributed by atoms with Gasteiger partial charge in [-0.3, -0.25) is 9.89 Å². The molecule has 2 aromatic heterocycles. The van der Waals surface area contributed by atoms with E-state index in [4.69, 9.17) is 0 Å². The summed E-state index contributed by atoms with van der Waals surface area (Å²) in [6.45, 7) is 1.99. The summed E-state index contributed by atoms with van der Waals surface area (Å²) in [4.78, 5) is 17.7. The average molecular weight is 361 g/mol. The van der Waals surface area contributed by atoms with Crippen LogP contribution in [0.4, 0.5) is 5.00 Å². The lowest BCUT2D eigenvalue weighted by atomic mass is 10.1. The van der Waals surface area contributed by atoms with Crippen molar-refractivity contribution >= 4 is 34.0 Å². The van der Waals surface area contributed by atoms with Gasteiger partial charge in [-0.2, -0.15) is 5.26 Å². The van der Waals surface area contributed by atoms with Crippen molar-refractivity contribution in [2.45, 2.75) is 50.6 Å². The molecular formula is C16H19N5OS2. The predicted octanol–water partition coefficient (Wildman–Crippen LogP) is 3.30. The van der Waals surface area contributed by atoms with E-state index >= 15 is 0 Å². The molecule has 0 saturated heterocycles. The number of amides is 1. The number of anilines is 1. The molecule has 2 aromatic rings. The van der Waals surface area contributed by atoms with Gasteiger partial charge in [-0.05, 0) is 31.2 Å². The Morgan fingerprint density at radius 1 is 1.42 bits per heavy atom. The first-order valence-electron chi connectivity index (χ1n) is 8.09. The first-order valence-corrected chi connectivity index (χ1v) is 9.90. The largest absolute Gasteiger partial charge is 0.316 e. The Morgan fingerprint density at radius 2 is 2.25 bits per heavy atom. The molecule has 1 amide bonds. The topological polar surface area (TPSA) is 94.5 Å². The average Bonchev–Trinajstić information content (AvgIpc) is 3.10. The number of fused-ring (bicyclic) bond motifs is 1. The monoisotopic (exact) mass is 361 g/mol. The van der Waals surface area contributed by atoms with Gasteiger partial charge in [0.25, 0.3) is 0 Å². The number of aromatic nitrogens is 3. The number of thiophene rings is 1. The fourth-order valence-electron chi connectivity index (χ4n) is 2.74. The van der Waals surface area contributed by atoms with E-state index in [-0.39, 0.29) is 11.7 Å². The Morgan fingerprint density at radius 3 is 3.00 bits per heavy atom. The minimum absolute atomic E-state index is 0.129. The van der Waals surface area contributed by atoms with Crippen molar-refractivity contribution in [3.63, 3.8) is 0 Å². The molecule has 0 saturated carbocycles. The molecule has 0 bridgehead atoms. The molecule has 0 atom stereocenters. The van der Waals surface area contributed by atoms with E-state index in [9.17, 15) is 10.1 Å². The predicted molar refractivity (Wildman–Crippen MR) is 95.4 cm³/mol. The molecular weight excluding hydrogens is 342 g/mol. The first-order chi connectivity index (χ1) is 11.7. The molecule has 0 aliphatic heterocycles. The zero-order valence-electron chi connectivity index (χ0n) is 13.5. The summed E-state index contributed by atoms with van der Waals surface area (Å²) in [5, 5.41) is 20.5. The van der Waals surface area contributed by atoms with Crippen molar-refractivity contribution in [3.8, 4) is 6.07 Å². The lowest BCUT2D eigenvalue weighted by molar-refractivity contribution is -0.113. The van der Waals surface area contributed by atoms with Crippen LogP contribution >= 0.6 is 23.1 Å². The van der Waals surface area contributed by atoms with E-state index in [2.05, 4.69) is 26.6 Å². The zero-order valence-corrected chi connectivity index (χ0v) is 15.1. The first kappa shape index (κ1) is 17.0. The van der Waals surface area contributed by atoms with Crippen LogP contribution < -0.4 is 5.32 Å². The van der Waals surface area contributed by atoms with Crippen molar-refractivity contribution in [2.75, 3.05) is 11.1 Å². The summed E-state index contributed by atoms with van der Waals surface area (Å²) < 4.78 is 0. The maximum Gasteiger partial charge on any atom is 0.235 e. The number of nitriles is 1. The van der Waals surface area contributed by atoms with Gasteiger partial charge in [-0.15, -0.1) is 16.4 Å². The van der Waals surface area contributed by atoms with Crippen LogP contribution in [0.15, 0.2) is 5.16 Å². The van der Waals surface area contributed by atoms with Crippen LogP contribution in [-0.4, -0.2) is 26.8 Å². The number of aryl methyl sites for hydroxylation is 2. The van der Waals surface area contributed by atoms with Gasteiger partial charge in [0.15, 0.2) is 0 Å². The standard InChI is InChI=1S/C16H19N5OS2/c1-2-13-18-16(21-20-13)23-9-14(22)19-15-11(8-17)10-6-4-3-5-7-12(10)24-15/h2-7,9H2,1H3,(H,19,22)(H,18,20,21). The number of nitrogens with one attached hydrogen (secondary N) is 2. The number of hydrogen-bond donors (Lipinski definition) is 2. The number of carbonyl (C=O) groups excluding carboxylic acids is 1. The smallest absolute Gasteiger partial charge is 0.235 e. The van der Waals surface area contributed by atoms with E-state index in [1.54, 1.807) is 11.3 Å². The number of aromatic amines is 1. The minimum Gasteiger partial charge on any atom is -0.316 e. The van der Waals surface area contributed by atoms with Crippen LogP contribution in [0.3, 0.4) is 0 Å². The second kappa shape index (κ2) is 7.81. The van der Waals surface area contributed by atoms with Gasteiger partial charge in [0, 0.05) is 11.3 Å². The SMILES string of the molecule is CCc1nc(SCC(=O)Nc2sc3c(c2C#N)CCCCC3)n[nH]1. The van der Waals surface area contributed by atoms with Crippen molar-refractivity contribution in [1.29, 1.82) is 5.26 Å². The van der Waals surface area contributed by atoms with Gasteiger partial charge in [0.1, 0.15) is 16.9 Å². The van der Waals surface area contributed by atoms with Crippen molar-refractivity contribution in [3.05, 3.63) is 21.8 Å². The van der Waals surface area contributed by atoms with Crippen LogP contribution in [0.25, 0.3) is 0 Å². The van der Waals surface area contributed by atoms with Crippen molar-refractivity contribution in [1.82, 2.24) is 15.2 Å². The molecule has 1 aliphatic carbocycles. The van der Waals surface area contributed by atoms with Gasteiger partial charge < -0.3 is 5.32 Å². The molecule has 0 spiro atoms. The van der Waals surface area contributed by atoms with Gasteiger partial charge in [-0.25, -0.2) is 4.98 Å². The molecule has 2 heterocycles. The lowest BCUT2D eigenvalue weighted by Crippen LogP contribution is -2.14. The highest BCUT2D eigenvalue weighted by atomic mass is 32.2. The molecule has 0 fully saturated rings. The fraction of sp³-hybridized carbons (Fsp3) is 0.500. The van der Waals surface area contributed by atoms with Crippen molar-refractivity contribution < 1.29 is 4.79 Å². The highest BCUT2D eigenvalue weighted by molar-refractivity contribution is 7.99. The third-order valence-corrected chi connectivity index (χ3v) is 6.02. The molecule has 1 aliphatic rings. The number of carbonyl (C=O) groups is 1. The Hall–Kier alpha value is -1.85. The van der Waals surface area contributed by atoms with Crippen LogP contribution in [0, 0.1) is 11.3 Å². The van der Waals surface area contributed by atoms with E-state index in [0.717, 1.165) is 43.5 Å². The molecule has 0 aromatic carbocycles. The van der Waals surface area contributed by atoms with Gasteiger partial charge in [-0.1, -0.05) is 25.1 Å². The number of nitrogens with zero attached hydrogens (tertiary/aromatic N) is 3. The summed E-state index contributed by atoms with van der Waals surface area (Å²) >= 11 is 2.85. The van der Waals surface area contributed by atoms with Crippen molar-refractivity contribution in [2.24, 2.45) is 0 Å². The van der Waals surface area contributed by atoms with Crippen LogP contribution in [0.5, 0.6) is 0 Å². The van der Waals surface area contributed by atoms with Crippen LogP contribution in [-0.2, 0) is 24.1 Å². The number of rotatable bonds is 5. The second-order valence-corrected chi connectivity index (χ2v) is 7.68. The van der Waals surface area contributed by atoms with E-state index in [1.807, 2.05) is 6.92 Å². The summed E-state index contributed by atoms with van der Waals surface area (Å²) in [5.41, 5.74) is 1.80. The highest BCUT2D eigenvalue weighted by Crippen LogP contribution is 2.37. The van der Waals surface area contributed by atoms with Crippen LogP contribution in [0.2, 0.25) is 0 Å². The second-order valence-electron chi connectivity index (χ2n) is 5.64. The molecule has 2 N–H and O–H groups in total. The molecule has 24 heavy (non-hydrogen) atoms.